The van der Waals surface area contributed by atoms with Gasteiger partial charge in [-0.3, -0.25) is 34.2 Å². The standard InChI is InChI=1S/C17H16N2O8S/c20-12-7-6-10(15(23)18-12)19-16(24)9-3-1-4-11(14(9)17(19)25)28(26,27)8-2-5-13(21)22/h1,3-4,10H,2,5-8H2,(H,21,22)(H,18,20,23). The Balaban J connectivity index is 1.95. The zero-order valence-electron chi connectivity index (χ0n) is 14.5. The van der Waals surface area contributed by atoms with E-state index < -0.39 is 51.2 Å². The highest BCUT2D eigenvalue weighted by atomic mass is 32.2. The molecule has 1 aromatic rings. The number of nitrogens with one attached hydrogen (secondary N) is 1. The van der Waals surface area contributed by atoms with Gasteiger partial charge in [-0.25, -0.2) is 8.42 Å². The van der Waals surface area contributed by atoms with E-state index in [0.29, 0.717) is 4.90 Å². The van der Waals surface area contributed by atoms with Crippen molar-refractivity contribution in [1.82, 2.24) is 10.2 Å². The molecule has 2 heterocycles. The fraction of sp³-hybridized carbons (Fsp3) is 0.353. The summed E-state index contributed by atoms with van der Waals surface area (Å²) >= 11 is 0. The van der Waals surface area contributed by atoms with E-state index in [9.17, 15) is 32.4 Å². The third-order valence-corrected chi connectivity index (χ3v) is 6.41. The largest absolute Gasteiger partial charge is 0.481 e. The lowest BCUT2D eigenvalue weighted by molar-refractivity contribution is -0.137. The Morgan fingerprint density at radius 1 is 1.18 bits per heavy atom. The summed E-state index contributed by atoms with van der Waals surface area (Å²) in [7, 11) is -4.03. The van der Waals surface area contributed by atoms with Crippen LogP contribution in [0.1, 0.15) is 46.4 Å². The fourth-order valence-corrected chi connectivity index (χ4v) is 4.80. The summed E-state index contributed by atoms with van der Waals surface area (Å²) in [6.45, 7) is 0. The summed E-state index contributed by atoms with van der Waals surface area (Å²) in [6, 6.07) is 2.57. The molecule has 3 rings (SSSR count). The van der Waals surface area contributed by atoms with Gasteiger partial charge in [0.1, 0.15) is 6.04 Å². The van der Waals surface area contributed by atoms with E-state index in [1.54, 1.807) is 0 Å². The number of carboxylic acids is 1. The molecular weight excluding hydrogens is 392 g/mol. The van der Waals surface area contributed by atoms with Gasteiger partial charge >= 0.3 is 5.97 Å². The lowest BCUT2D eigenvalue weighted by Gasteiger charge is -2.27. The van der Waals surface area contributed by atoms with E-state index in [1.165, 1.54) is 18.2 Å². The Labute approximate surface area is 159 Å². The molecule has 0 aromatic heterocycles. The molecule has 4 amide bonds. The van der Waals surface area contributed by atoms with Gasteiger partial charge in [0.2, 0.25) is 11.8 Å². The summed E-state index contributed by atoms with van der Waals surface area (Å²) < 4.78 is 25.2. The Kier molecular flexibility index (Phi) is 5.02. The number of fused-ring (bicyclic) bond motifs is 1. The average molecular weight is 408 g/mol. The van der Waals surface area contributed by atoms with Gasteiger partial charge in [-0.15, -0.1) is 0 Å². The van der Waals surface area contributed by atoms with Crippen LogP contribution < -0.4 is 5.32 Å². The predicted octanol–water partition coefficient (Wildman–Crippen LogP) is -0.274. The predicted molar refractivity (Wildman–Crippen MR) is 92.0 cm³/mol. The van der Waals surface area contributed by atoms with Gasteiger partial charge in [-0.1, -0.05) is 6.07 Å². The van der Waals surface area contributed by atoms with Crippen LogP contribution in [0, 0.1) is 0 Å². The number of hydrogen-bond donors (Lipinski definition) is 2. The number of carbonyl (C=O) groups is 5. The van der Waals surface area contributed by atoms with Gasteiger partial charge in [-0.2, -0.15) is 0 Å². The maximum absolute atomic E-state index is 12.9. The van der Waals surface area contributed by atoms with Crippen LogP contribution in [0.15, 0.2) is 23.1 Å². The van der Waals surface area contributed by atoms with Gasteiger partial charge < -0.3 is 5.11 Å². The van der Waals surface area contributed by atoms with Crippen LogP contribution in [0.25, 0.3) is 0 Å². The third kappa shape index (κ3) is 3.40. The van der Waals surface area contributed by atoms with Crippen molar-refractivity contribution in [2.75, 3.05) is 5.75 Å². The Morgan fingerprint density at radius 3 is 2.54 bits per heavy atom. The number of carboxylic acid groups (broad SMARTS) is 1. The van der Waals surface area contributed by atoms with E-state index in [2.05, 4.69) is 5.32 Å². The summed E-state index contributed by atoms with van der Waals surface area (Å²) in [4.78, 5) is 59.9. The summed E-state index contributed by atoms with van der Waals surface area (Å²) in [5.74, 6) is -4.70. The maximum Gasteiger partial charge on any atom is 0.303 e. The van der Waals surface area contributed by atoms with Gasteiger partial charge in [0.05, 0.1) is 21.8 Å². The number of aliphatic carboxylic acids is 1. The minimum atomic E-state index is -4.03. The van der Waals surface area contributed by atoms with Crippen molar-refractivity contribution in [3.05, 3.63) is 29.3 Å². The average Bonchev–Trinajstić information content (AvgIpc) is 2.86. The number of amides is 4. The SMILES string of the molecule is O=C(O)CCCS(=O)(=O)c1cccc2c1C(=O)N(C1CCC(=O)NC1=O)C2=O. The van der Waals surface area contributed by atoms with E-state index in [0.717, 1.165) is 0 Å². The minimum absolute atomic E-state index is 0.0448. The normalized spacial score (nSPS) is 19.6. The molecule has 1 aromatic carbocycles. The molecule has 0 radical (unpaired) electrons. The molecule has 10 nitrogen and oxygen atoms in total. The van der Waals surface area contributed by atoms with Crippen LogP contribution in [0.5, 0.6) is 0 Å². The molecule has 11 heteroatoms. The van der Waals surface area contributed by atoms with Crippen molar-refractivity contribution in [2.24, 2.45) is 0 Å². The fourth-order valence-electron chi connectivity index (χ4n) is 3.27. The molecule has 1 fully saturated rings. The number of imide groups is 2. The first-order valence-electron chi connectivity index (χ1n) is 8.42. The van der Waals surface area contributed by atoms with Gasteiger partial charge in [0.15, 0.2) is 9.84 Å². The van der Waals surface area contributed by atoms with Crippen LogP contribution >= 0.6 is 0 Å². The second-order valence-electron chi connectivity index (χ2n) is 6.44. The number of hydrogen-bond acceptors (Lipinski definition) is 7. The van der Waals surface area contributed by atoms with Crippen LogP contribution in [0.4, 0.5) is 0 Å². The van der Waals surface area contributed by atoms with Gasteiger partial charge in [-0.05, 0) is 25.0 Å². The van der Waals surface area contributed by atoms with E-state index in [1.807, 2.05) is 0 Å². The Hall–Kier alpha value is -3.08. The zero-order chi connectivity index (χ0) is 20.6. The maximum atomic E-state index is 12.9. The van der Waals surface area contributed by atoms with E-state index in [-0.39, 0.29) is 41.7 Å². The van der Waals surface area contributed by atoms with Crippen molar-refractivity contribution >= 4 is 39.4 Å². The molecule has 0 saturated carbocycles. The molecule has 0 aliphatic carbocycles. The molecule has 148 valence electrons. The first-order valence-corrected chi connectivity index (χ1v) is 10.1. The summed E-state index contributed by atoms with van der Waals surface area (Å²) in [5, 5.41) is 10.7. The first kappa shape index (κ1) is 19.7. The number of piperidine rings is 1. The van der Waals surface area contributed by atoms with Crippen LogP contribution in [0.3, 0.4) is 0 Å². The minimum Gasteiger partial charge on any atom is -0.481 e. The third-order valence-electron chi connectivity index (χ3n) is 4.57. The molecule has 2 aliphatic heterocycles. The second-order valence-corrected chi connectivity index (χ2v) is 8.52. The molecule has 28 heavy (non-hydrogen) atoms. The smallest absolute Gasteiger partial charge is 0.303 e. The molecule has 0 spiro atoms. The van der Waals surface area contributed by atoms with Gasteiger partial charge in [0, 0.05) is 12.8 Å². The van der Waals surface area contributed by atoms with Crippen molar-refractivity contribution in [3.8, 4) is 0 Å². The van der Waals surface area contributed by atoms with Crippen molar-refractivity contribution in [3.63, 3.8) is 0 Å². The van der Waals surface area contributed by atoms with Gasteiger partial charge in [0.25, 0.3) is 11.8 Å². The highest BCUT2D eigenvalue weighted by Gasteiger charge is 2.46. The lowest BCUT2D eigenvalue weighted by atomic mass is 10.0. The van der Waals surface area contributed by atoms with Crippen molar-refractivity contribution < 1.29 is 37.5 Å². The first-order chi connectivity index (χ1) is 13.1. The summed E-state index contributed by atoms with van der Waals surface area (Å²) in [6.07, 6.45) is -0.606. The highest BCUT2D eigenvalue weighted by Crippen LogP contribution is 2.32. The molecule has 2 aliphatic rings. The van der Waals surface area contributed by atoms with E-state index >= 15 is 0 Å². The van der Waals surface area contributed by atoms with Crippen molar-refractivity contribution in [1.29, 1.82) is 0 Å². The Bertz CT molecular complexity index is 1010. The topological polar surface area (TPSA) is 155 Å². The van der Waals surface area contributed by atoms with Crippen LogP contribution in [0.2, 0.25) is 0 Å². The monoisotopic (exact) mass is 408 g/mol. The highest BCUT2D eigenvalue weighted by molar-refractivity contribution is 7.91. The van der Waals surface area contributed by atoms with Crippen molar-refractivity contribution in [2.45, 2.75) is 36.6 Å². The Morgan fingerprint density at radius 2 is 1.89 bits per heavy atom. The number of sulfone groups is 1. The quantitative estimate of drug-likeness (QED) is 0.609. The number of nitrogens with zero attached hydrogens (tertiary/aromatic N) is 1. The van der Waals surface area contributed by atoms with E-state index in [4.69, 9.17) is 5.11 Å². The summed E-state index contributed by atoms with van der Waals surface area (Å²) in [5.41, 5.74) is -0.471. The molecule has 1 unspecified atom stereocenters. The lowest BCUT2D eigenvalue weighted by Crippen LogP contribution is -2.54. The molecule has 0 bridgehead atoms. The molecule has 1 atom stereocenters. The molecule has 2 N–H and O–H groups in total. The van der Waals surface area contributed by atoms with Crippen LogP contribution in [-0.4, -0.2) is 59.8 Å². The van der Waals surface area contributed by atoms with Crippen LogP contribution in [-0.2, 0) is 24.2 Å². The molecular formula is C17H16N2O8S. The zero-order valence-corrected chi connectivity index (χ0v) is 15.3. The molecule has 1 saturated heterocycles. The number of benzene rings is 1. The second kappa shape index (κ2) is 7.15. The number of carbonyl (C=O) groups excluding carboxylic acids is 4. The number of rotatable bonds is 6.